The number of para-hydroxylation sites is 1. The summed E-state index contributed by atoms with van der Waals surface area (Å²) in [7, 11) is 1.63. The largest absolute Gasteiger partial charge is 0.455 e. The molecule has 0 spiro atoms. The van der Waals surface area contributed by atoms with Gasteiger partial charge < -0.3 is 4.74 Å². The van der Waals surface area contributed by atoms with Crippen molar-refractivity contribution in [1.82, 2.24) is 14.8 Å². The standard InChI is InChI=1S/C23H18ClN3O3/c1-27-23(29)20(21(26-27)13-6-7-13)22(28)14-8-9-17-15(12-14)18(10-11-25-17)30-19-5-3-2-4-16(19)24/h2-5,8-13,26H,6-7H2,1H3. The van der Waals surface area contributed by atoms with Gasteiger partial charge in [0.25, 0.3) is 5.56 Å². The predicted octanol–water partition coefficient (Wildman–Crippen LogP) is 4.82. The molecule has 0 atom stereocenters. The van der Waals surface area contributed by atoms with Crippen LogP contribution >= 0.6 is 11.6 Å². The first-order valence-electron chi connectivity index (χ1n) is 9.67. The van der Waals surface area contributed by atoms with Crippen LogP contribution in [0.15, 0.2) is 59.5 Å². The van der Waals surface area contributed by atoms with E-state index in [2.05, 4.69) is 10.1 Å². The Morgan fingerprint density at radius 2 is 1.97 bits per heavy atom. The number of nitrogens with zero attached hydrogens (tertiary/aromatic N) is 2. The molecule has 6 nitrogen and oxygen atoms in total. The van der Waals surface area contributed by atoms with E-state index >= 15 is 0 Å². The van der Waals surface area contributed by atoms with Crippen LogP contribution in [0, 0.1) is 0 Å². The molecule has 150 valence electrons. The van der Waals surface area contributed by atoms with Gasteiger partial charge in [0.05, 0.1) is 16.2 Å². The van der Waals surface area contributed by atoms with E-state index < -0.39 is 0 Å². The van der Waals surface area contributed by atoms with Crippen molar-refractivity contribution in [2.24, 2.45) is 7.05 Å². The quantitative estimate of drug-likeness (QED) is 0.470. The number of hydrogen-bond acceptors (Lipinski definition) is 4. The number of aromatic nitrogens is 3. The summed E-state index contributed by atoms with van der Waals surface area (Å²) in [6.07, 6.45) is 3.61. The number of pyridine rings is 1. The molecule has 5 rings (SSSR count). The van der Waals surface area contributed by atoms with Crippen LogP contribution in [0.2, 0.25) is 5.02 Å². The van der Waals surface area contributed by atoms with E-state index in [1.54, 1.807) is 49.6 Å². The molecule has 1 aliphatic carbocycles. The van der Waals surface area contributed by atoms with Gasteiger partial charge in [-0.3, -0.25) is 24.4 Å². The van der Waals surface area contributed by atoms with Gasteiger partial charge in [-0.1, -0.05) is 23.7 Å². The molecule has 0 amide bonds. The molecule has 7 heteroatoms. The van der Waals surface area contributed by atoms with Crippen molar-refractivity contribution in [3.05, 3.63) is 86.9 Å². The molecule has 1 N–H and O–H groups in total. The van der Waals surface area contributed by atoms with Gasteiger partial charge in [0.2, 0.25) is 5.78 Å². The van der Waals surface area contributed by atoms with Crippen molar-refractivity contribution in [3.8, 4) is 11.5 Å². The topological polar surface area (TPSA) is 77.0 Å². The van der Waals surface area contributed by atoms with Crippen molar-refractivity contribution in [3.63, 3.8) is 0 Å². The maximum atomic E-state index is 13.3. The summed E-state index contributed by atoms with van der Waals surface area (Å²) < 4.78 is 7.38. The number of carbonyl (C=O) groups excluding carboxylic acids is 1. The van der Waals surface area contributed by atoms with E-state index in [-0.39, 0.29) is 22.8 Å². The van der Waals surface area contributed by atoms with Gasteiger partial charge in [0.1, 0.15) is 17.1 Å². The number of carbonyl (C=O) groups is 1. The lowest BCUT2D eigenvalue weighted by atomic mass is 10.00. The lowest BCUT2D eigenvalue weighted by molar-refractivity contribution is 0.103. The zero-order valence-electron chi connectivity index (χ0n) is 16.2. The molecule has 1 saturated carbocycles. The normalized spacial score (nSPS) is 13.5. The summed E-state index contributed by atoms with van der Waals surface area (Å²) in [5, 5.41) is 4.20. The van der Waals surface area contributed by atoms with Crippen LogP contribution < -0.4 is 10.3 Å². The van der Waals surface area contributed by atoms with Gasteiger partial charge in [0, 0.05) is 30.1 Å². The Morgan fingerprint density at radius 3 is 2.73 bits per heavy atom. The highest BCUT2D eigenvalue weighted by Gasteiger charge is 2.33. The number of aromatic amines is 1. The van der Waals surface area contributed by atoms with Crippen LogP contribution in [0.1, 0.15) is 40.4 Å². The molecule has 2 heterocycles. The number of rotatable bonds is 5. The smallest absolute Gasteiger partial charge is 0.277 e. The first-order valence-corrected chi connectivity index (χ1v) is 10.1. The average Bonchev–Trinajstić information content (AvgIpc) is 3.55. The molecule has 0 radical (unpaired) electrons. The van der Waals surface area contributed by atoms with Crippen molar-refractivity contribution < 1.29 is 9.53 Å². The molecule has 0 unspecified atom stereocenters. The molecular formula is C23H18ClN3O3. The third kappa shape index (κ3) is 3.19. The summed E-state index contributed by atoms with van der Waals surface area (Å²) >= 11 is 6.22. The summed E-state index contributed by atoms with van der Waals surface area (Å²) in [6.45, 7) is 0. The average molecular weight is 420 g/mol. The van der Waals surface area contributed by atoms with Crippen LogP contribution in [0.3, 0.4) is 0 Å². The number of nitrogens with one attached hydrogen (secondary N) is 1. The Labute approximate surface area is 177 Å². The molecule has 2 aromatic heterocycles. The van der Waals surface area contributed by atoms with Gasteiger partial charge >= 0.3 is 0 Å². The van der Waals surface area contributed by atoms with Crippen molar-refractivity contribution >= 4 is 28.3 Å². The molecule has 2 aromatic carbocycles. The van der Waals surface area contributed by atoms with Crippen LogP contribution in [0.4, 0.5) is 0 Å². The number of ether oxygens (including phenoxy) is 1. The first-order chi connectivity index (χ1) is 14.5. The Balaban J connectivity index is 1.59. The number of aryl methyl sites for hydroxylation is 1. The predicted molar refractivity (Wildman–Crippen MR) is 115 cm³/mol. The summed E-state index contributed by atoms with van der Waals surface area (Å²) in [4.78, 5) is 30.3. The summed E-state index contributed by atoms with van der Waals surface area (Å²) in [5.41, 5.74) is 1.74. The second kappa shape index (κ2) is 7.15. The lowest BCUT2D eigenvalue weighted by Crippen LogP contribution is -2.19. The van der Waals surface area contributed by atoms with Crippen LogP contribution in [-0.4, -0.2) is 20.5 Å². The molecule has 1 fully saturated rings. The molecular weight excluding hydrogens is 402 g/mol. The van der Waals surface area contributed by atoms with E-state index in [9.17, 15) is 9.59 Å². The van der Waals surface area contributed by atoms with Crippen molar-refractivity contribution in [1.29, 1.82) is 0 Å². The Morgan fingerprint density at radius 1 is 1.17 bits per heavy atom. The molecule has 0 bridgehead atoms. The third-order valence-electron chi connectivity index (χ3n) is 5.31. The van der Waals surface area contributed by atoms with Crippen molar-refractivity contribution in [2.75, 3.05) is 0 Å². The number of hydrogen-bond donors (Lipinski definition) is 1. The fourth-order valence-electron chi connectivity index (χ4n) is 3.60. The zero-order chi connectivity index (χ0) is 20.8. The van der Waals surface area contributed by atoms with E-state index in [0.29, 0.717) is 33.0 Å². The van der Waals surface area contributed by atoms with Gasteiger partial charge in [-0.05, 0) is 49.2 Å². The van der Waals surface area contributed by atoms with Gasteiger partial charge in [-0.25, -0.2) is 0 Å². The summed E-state index contributed by atoms with van der Waals surface area (Å²) in [5.74, 6) is 0.998. The number of ketones is 1. The van der Waals surface area contributed by atoms with Crippen LogP contribution in [0.25, 0.3) is 10.9 Å². The molecule has 4 aromatic rings. The first kappa shape index (κ1) is 18.6. The zero-order valence-corrected chi connectivity index (χ0v) is 16.9. The van der Waals surface area contributed by atoms with Crippen LogP contribution in [-0.2, 0) is 7.05 Å². The maximum Gasteiger partial charge on any atom is 0.277 e. The maximum absolute atomic E-state index is 13.3. The van der Waals surface area contributed by atoms with Crippen LogP contribution in [0.5, 0.6) is 11.5 Å². The number of benzene rings is 2. The van der Waals surface area contributed by atoms with E-state index in [1.165, 1.54) is 4.68 Å². The number of fused-ring (bicyclic) bond motifs is 1. The minimum atomic E-state index is -0.305. The molecule has 30 heavy (non-hydrogen) atoms. The fraction of sp³-hybridized carbons (Fsp3) is 0.174. The monoisotopic (exact) mass is 419 g/mol. The Kier molecular flexibility index (Phi) is 4.44. The van der Waals surface area contributed by atoms with E-state index in [1.807, 2.05) is 12.1 Å². The second-order valence-electron chi connectivity index (χ2n) is 7.44. The molecule has 1 aliphatic rings. The fourth-order valence-corrected chi connectivity index (χ4v) is 3.77. The molecule has 0 saturated heterocycles. The Bertz CT molecular complexity index is 1350. The third-order valence-corrected chi connectivity index (χ3v) is 5.62. The highest BCUT2D eigenvalue weighted by Crippen LogP contribution is 2.40. The highest BCUT2D eigenvalue weighted by atomic mass is 35.5. The van der Waals surface area contributed by atoms with Gasteiger partial charge in [0.15, 0.2) is 0 Å². The van der Waals surface area contributed by atoms with E-state index in [0.717, 1.165) is 18.5 Å². The Hall–Kier alpha value is -3.38. The number of H-pyrrole nitrogens is 1. The minimum Gasteiger partial charge on any atom is -0.455 e. The number of halogens is 1. The SMILES string of the molecule is Cn1[nH]c(C2CC2)c(C(=O)c2ccc3nccc(Oc4ccccc4Cl)c3c2)c1=O. The second-order valence-corrected chi connectivity index (χ2v) is 7.85. The highest BCUT2D eigenvalue weighted by molar-refractivity contribution is 6.32. The van der Waals surface area contributed by atoms with Gasteiger partial charge in [-0.15, -0.1) is 0 Å². The summed E-state index contributed by atoms with van der Waals surface area (Å²) in [6, 6.07) is 14.1. The van der Waals surface area contributed by atoms with Gasteiger partial charge in [-0.2, -0.15) is 0 Å². The van der Waals surface area contributed by atoms with Crippen molar-refractivity contribution in [2.45, 2.75) is 18.8 Å². The molecule has 0 aliphatic heterocycles. The lowest BCUT2D eigenvalue weighted by Gasteiger charge is -2.11. The van der Waals surface area contributed by atoms with E-state index in [4.69, 9.17) is 16.3 Å². The minimum absolute atomic E-state index is 0.219.